The molecule has 0 saturated heterocycles. The molecule has 0 aliphatic heterocycles. The van der Waals surface area contributed by atoms with Crippen molar-refractivity contribution in [2.24, 2.45) is 5.92 Å². The van der Waals surface area contributed by atoms with E-state index in [2.05, 4.69) is 20.8 Å². The van der Waals surface area contributed by atoms with Crippen molar-refractivity contribution in [3.63, 3.8) is 0 Å². The second-order valence-corrected chi connectivity index (χ2v) is 10.3. The van der Waals surface area contributed by atoms with Crippen LogP contribution in [0.15, 0.2) is 24.3 Å². The molecule has 0 heterocycles. The highest BCUT2D eigenvalue weighted by Gasteiger charge is 2.11. The summed E-state index contributed by atoms with van der Waals surface area (Å²) in [5, 5.41) is 0. The van der Waals surface area contributed by atoms with Crippen LogP contribution in [0.2, 0.25) is 0 Å². The molecule has 1 rings (SSSR count). The number of hydrogen-bond acceptors (Lipinski definition) is 4. The Morgan fingerprint density at radius 3 is 1.29 bits per heavy atom. The summed E-state index contributed by atoms with van der Waals surface area (Å²) in [5.41, 5.74) is 0.934. The molecule has 1 aromatic carbocycles. The van der Waals surface area contributed by atoms with Crippen LogP contribution in [0.4, 0.5) is 0 Å². The summed E-state index contributed by atoms with van der Waals surface area (Å²) >= 11 is 0. The Morgan fingerprint density at radius 1 is 0.571 bits per heavy atom. The topological polar surface area (TPSA) is 52.6 Å². The highest BCUT2D eigenvalue weighted by molar-refractivity contribution is 5.93. The van der Waals surface area contributed by atoms with E-state index in [0.29, 0.717) is 30.3 Å². The van der Waals surface area contributed by atoms with Gasteiger partial charge in [-0.2, -0.15) is 0 Å². The van der Waals surface area contributed by atoms with Crippen molar-refractivity contribution in [1.29, 1.82) is 0 Å². The van der Waals surface area contributed by atoms with Gasteiger partial charge in [-0.3, -0.25) is 0 Å². The second-order valence-electron chi connectivity index (χ2n) is 10.3. The molecule has 0 saturated carbocycles. The molecule has 0 fully saturated rings. The molecule has 0 radical (unpaired) electrons. The molecule has 35 heavy (non-hydrogen) atoms. The Kier molecular flexibility index (Phi) is 19.1. The standard InChI is InChI=1S/C31H52O4/c1-4-5-6-7-8-9-10-11-12-13-14-15-16-17-18-19-25-34-30(32)28-20-22-29(23-21-28)31(33)35-26-24-27(2)3/h20-23,27H,4-19,24-26H2,1-3H3. The minimum Gasteiger partial charge on any atom is -0.462 e. The summed E-state index contributed by atoms with van der Waals surface area (Å²) in [6.45, 7) is 7.33. The number of ether oxygens (including phenoxy) is 2. The number of hydrogen-bond donors (Lipinski definition) is 0. The predicted molar refractivity (Wildman–Crippen MR) is 146 cm³/mol. The fraction of sp³-hybridized carbons (Fsp3) is 0.742. The zero-order valence-electron chi connectivity index (χ0n) is 23.0. The summed E-state index contributed by atoms with van der Waals surface area (Å²) in [5.74, 6) is -0.182. The summed E-state index contributed by atoms with van der Waals surface area (Å²) in [4.78, 5) is 24.2. The highest BCUT2D eigenvalue weighted by Crippen LogP contribution is 2.14. The summed E-state index contributed by atoms with van der Waals surface area (Å²) in [6, 6.07) is 6.52. The molecule has 0 amide bonds. The molecule has 0 atom stereocenters. The molecule has 0 aliphatic carbocycles. The van der Waals surface area contributed by atoms with Crippen LogP contribution in [-0.4, -0.2) is 25.2 Å². The molecule has 200 valence electrons. The van der Waals surface area contributed by atoms with E-state index in [0.717, 1.165) is 19.3 Å². The van der Waals surface area contributed by atoms with Crippen LogP contribution >= 0.6 is 0 Å². The van der Waals surface area contributed by atoms with Crippen LogP contribution in [0.5, 0.6) is 0 Å². The Morgan fingerprint density at radius 2 is 0.914 bits per heavy atom. The average Bonchev–Trinajstić information content (AvgIpc) is 2.85. The first-order valence-corrected chi connectivity index (χ1v) is 14.5. The lowest BCUT2D eigenvalue weighted by Crippen LogP contribution is -2.10. The quantitative estimate of drug-likeness (QED) is 0.120. The number of carbonyl (C=O) groups excluding carboxylic acids is 2. The third kappa shape index (κ3) is 17.3. The first kappa shape index (κ1) is 31.2. The second kappa shape index (κ2) is 21.4. The molecular formula is C31H52O4. The minimum absolute atomic E-state index is 0.328. The molecule has 0 spiro atoms. The van der Waals surface area contributed by atoms with Crippen LogP contribution in [0.25, 0.3) is 0 Å². The van der Waals surface area contributed by atoms with Gasteiger partial charge in [-0.1, -0.05) is 117 Å². The summed E-state index contributed by atoms with van der Waals surface area (Å²) in [6.07, 6.45) is 22.1. The molecule has 1 aromatic rings. The fourth-order valence-corrected chi connectivity index (χ4v) is 4.11. The van der Waals surface area contributed by atoms with E-state index in [1.54, 1.807) is 24.3 Å². The van der Waals surface area contributed by atoms with E-state index in [-0.39, 0.29) is 11.9 Å². The van der Waals surface area contributed by atoms with Crippen LogP contribution in [0.1, 0.15) is 151 Å². The van der Waals surface area contributed by atoms with Gasteiger partial charge in [-0.25, -0.2) is 9.59 Å². The summed E-state index contributed by atoms with van der Waals surface area (Å²) in [7, 11) is 0. The monoisotopic (exact) mass is 488 g/mol. The Hall–Kier alpha value is -1.84. The zero-order valence-corrected chi connectivity index (χ0v) is 23.0. The number of esters is 2. The van der Waals surface area contributed by atoms with Gasteiger partial charge >= 0.3 is 11.9 Å². The van der Waals surface area contributed by atoms with Crippen molar-refractivity contribution < 1.29 is 19.1 Å². The smallest absolute Gasteiger partial charge is 0.338 e. The third-order valence-electron chi connectivity index (χ3n) is 6.52. The molecule has 0 unspecified atom stereocenters. The zero-order chi connectivity index (χ0) is 25.6. The Labute approximate surface area is 215 Å². The maximum absolute atomic E-state index is 12.2. The van der Waals surface area contributed by atoms with E-state index in [9.17, 15) is 9.59 Å². The minimum atomic E-state index is -0.348. The van der Waals surface area contributed by atoms with Crippen LogP contribution in [0.3, 0.4) is 0 Å². The normalized spacial score (nSPS) is 11.1. The van der Waals surface area contributed by atoms with Crippen molar-refractivity contribution in [1.82, 2.24) is 0 Å². The van der Waals surface area contributed by atoms with Crippen molar-refractivity contribution in [2.45, 2.75) is 130 Å². The molecule has 0 aromatic heterocycles. The average molecular weight is 489 g/mol. The number of unbranched alkanes of at least 4 members (excludes halogenated alkanes) is 15. The lowest BCUT2D eigenvalue weighted by Gasteiger charge is -2.08. The van der Waals surface area contributed by atoms with E-state index in [1.165, 1.54) is 89.9 Å². The molecule has 0 bridgehead atoms. The van der Waals surface area contributed by atoms with Gasteiger partial charge < -0.3 is 9.47 Å². The lowest BCUT2D eigenvalue weighted by molar-refractivity contribution is 0.0477. The van der Waals surface area contributed by atoms with Crippen LogP contribution in [-0.2, 0) is 9.47 Å². The van der Waals surface area contributed by atoms with E-state index in [4.69, 9.17) is 9.47 Å². The van der Waals surface area contributed by atoms with Crippen LogP contribution < -0.4 is 0 Å². The van der Waals surface area contributed by atoms with Gasteiger partial charge in [-0.15, -0.1) is 0 Å². The van der Waals surface area contributed by atoms with Gasteiger partial charge in [-0.05, 0) is 43.0 Å². The molecule has 4 nitrogen and oxygen atoms in total. The maximum atomic E-state index is 12.2. The van der Waals surface area contributed by atoms with Crippen molar-refractivity contribution in [3.05, 3.63) is 35.4 Å². The summed E-state index contributed by atoms with van der Waals surface area (Å²) < 4.78 is 10.6. The van der Waals surface area contributed by atoms with Crippen molar-refractivity contribution >= 4 is 11.9 Å². The van der Waals surface area contributed by atoms with Gasteiger partial charge in [0.2, 0.25) is 0 Å². The number of carbonyl (C=O) groups is 2. The Bertz CT molecular complexity index is 650. The Balaban J connectivity index is 1.96. The van der Waals surface area contributed by atoms with Gasteiger partial charge in [0.25, 0.3) is 0 Å². The fourth-order valence-electron chi connectivity index (χ4n) is 4.11. The predicted octanol–water partition coefficient (Wildman–Crippen LogP) is 9.31. The van der Waals surface area contributed by atoms with Gasteiger partial charge in [0.1, 0.15) is 0 Å². The van der Waals surface area contributed by atoms with Gasteiger partial charge in [0.15, 0.2) is 0 Å². The van der Waals surface area contributed by atoms with Crippen molar-refractivity contribution in [2.75, 3.05) is 13.2 Å². The van der Waals surface area contributed by atoms with Gasteiger partial charge in [0, 0.05) is 0 Å². The van der Waals surface area contributed by atoms with E-state index >= 15 is 0 Å². The maximum Gasteiger partial charge on any atom is 0.338 e. The first-order chi connectivity index (χ1) is 17.0. The molecular weight excluding hydrogens is 436 g/mol. The van der Waals surface area contributed by atoms with Crippen LogP contribution in [0, 0.1) is 5.92 Å². The third-order valence-corrected chi connectivity index (χ3v) is 6.52. The van der Waals surface area contributed by atoms with E-state index in [1.807, 2.05) is 0 Å². The van der Waals surface area contributed by atoms with Gasteiger partial charge in [0.05, 0.1) is 24.3 Å². The molecule has 4 heteroatoms. The van der Waals surface area contributed by atoms with E-state index < -0.39 is 0 Å². The molecule has 0 N–H and O–H groups in total. The number of rotatable bonds is 22. The largest absolute Gasteiger partial charge is 0.462 e. The van der Waals surface area contributed by atoms with Crippen molar-refractivity contribution in [3.8, 4) is 0 Å². The first-order valence-electron chi connectivity index (χ1n) is 14.5. The SMILES string of the molecule is CCCCCCCCCCCCCCCCCCOC(=O)c1ccc(C(=O)OCCC(C)C)cc1. The lowest BCUT2D eigenvalue weighted by atomic mass is 10.0. The number of benzene rings is 1. The highest BCUT2D eigenvalue weighted by atomic mass is 16.5. The molecule has 0 aliphatic rings.